The Labute approximate surface area is 118 Å². The van der Waals surface area contributed by atoms with E-state index >= 15 is 0 Å². The Balaban J connectivity index is 3.10. The molecule has 7 heteroatoms. The van der Waals surface area contributed by atoms with Crippen molar-refractivity contribution in [2.75, 3.05) is 0 Å². The summed E-state index contributed by atoms with van der Waals surface area (Å²) in [5.41, 5.74) is 0.197. The molecule has 2 unspecified atom stereocenters. The first kappa shape index (κ1) is 16.1. The van der Waals surface area contributed by atoms with E-state index in [1.165, 1.54) is 24.3 Å². The van der Waals surface area contributed by atoms with Crippen LogP contribution in [0.15, 0.2) is 29.2 Å². The Hall–Kier alpha value is -1.91. The van der Waals surface area contributed by atoms with Gasteiger partial charge in [-0.25, -0.2) is 8.42 Å². The fourth-order valence-electron chi connectivity index (χ4n) is 1.61. The smallest absolute Gasteiger partial charge is 0.322 e. The average molecular weight is 296 g/mol. The number of benzene rings is 1. The Kier molecular flexibility index (Phi) is 5.25. The maximum atomic E-state index is 12.2. The third-order valence-electron chi connectivity index (χ3n) is 3.03. The second-order valence-electron chi connectivity index (χ2n) is 4.46. The lowest BCUT2D eigenvalue weighted by atomic mass is 10.0. The summed E-state index contributed by atoms with van der Waals surface area (Å²) >= 11 is 0. The minimum absolute atomic E-state index is 0.119. The van der Waals surface area contributed by atoms with Crippen LogP contribution in [0.1, 0.15) is 25.8 Å². The molecular weight excluding hydrogens is 280 g/mol. The molecule has 0 aliphatic carbocycles. The second kappa shape index (κ2) is 6.50. The van der Waals surface area contributed by atoms with Gasteiger partial charge in [-0.3, -0.25) is 4.79 Å². The molecule has 0 aromatic heterocycles. The van der Waals surface area contributed by atoms with E-state index in [9.17, 15) is 13.2 Å². The van der Waals surface area contributed by atoms with Gasteiger partial charge in [-0.2, -0.15) is 9.98 Å². The van der Waals surface area contributed by atoms with Gasteiger partial charge in [-0.15, -0.1) is 0 Å². The lowest BCUT2D eigenvalue weighted by molar-refractivity contribution is -0.140. The molecule has 0 saturated carbocycles. The van der Waals surface area contributed by atoms with Crippen LogP contribution in [-0.4, -0.2) is 25.5 Å². The van der Waals surface area contributed by atoms with Crippen LogP contribution in [0, 0.1) is 17.2 Å². The van der Waals surface area contributed by atoms with Crippen LogP contribution in [0.25, 0.3) is 0 Å². The number of sulfonamides is 1. The van der Waals surface area contributed by atoms with Gasteiger partial charge in [0.05, 0.1) is 16.5 Å². The molecule has 2 atom stereocenters. The van der Waals surface area contributed by atoms with Gasteiger partial charge in [0.25, 0.3) is 0 Å². The third-order valence-corrected chi connectivity index (χ3v) is 4.47. The van der Waals surface area contributed by atoms with E-state index in [1.807, 2.05) is 6.07 Å². The molecule has 1 aromatic rings. The van der Waals surface area contributed by atoms with E-state index in [0.29, 0.717) is 6.42 Å². The van der Waals surface area contributed by atoms with Crippen LogP contribution in [0.4, 0.5) is 0 Å². The monoisotopic (exact) mass is 296 g/mol. The Morgan fingerprint density at radius 2 is 2.15 bits per heavy atom. The van der Waals surface area contributed by atoms with Crippen molar-refractivity contribution >= 4 is 16.0 Å². The third kappa shape index (κ3) is 3.79. The number of carbonyl (C=O) groups is 1. The maximum absolute atomic E-state index is 12.2. The van der Waals surface area contributed by atoms with Gasteiger partial charge in [0.2, 0.25) is 10.0 Å². The zero-order chi connectivity index (χ0) is 15.3. The quantitative estimate of drug-likeness (QED) is 0.823. The number of hydrogen-bond acceptors (Lipinski definition) is 4. The summed E-state index contributed by atoms with van der Waals surface area (Å²) in [6, 6.07) is 6.08. The van der Waals surface area contributed by atoms with Crippen molar-refractivity contribution in [1.29, 1.82) is 5.26 Å². The minimum Gasteiger partial charge on any atom is -0.480 e. The highest BCUT2D eigenvalue weighted by Gasteiger charge is 2.29. The zero-order valence-electron chi connectivity index (χ0n) is 11.2. The summed E-state index contributed by atoms with van der Waals surface area (Å²) in [7, 11) is -3.97. The van der Waals surface area contributed by atoms with Crippen LogP contribution in [0.3, 0.4) is 0 Å². The fraction of sp³-hybridized carbons (Fsp3) is 0.385. The number of carboxylic acids is 1. The highest BCUT2D eigenvalue weighted by atomic mass is 32.2. The van der Waals surface area contributed by atoms with Crippen molar-refractivity contribution in [2.45, 2.75) is 31.2 Å². The maximum Gasteiger partial charge on any atom is 0.322 e. The first-order chi connectivity index (χ1) is 9.31. The molecule has 2 N–H and O–H groups in total. The number of nitrogens with zero attached hydrogens (tertiary/aromatic N) is 1. The van der Waals surface area contributed by atoms with Gasteiger partial charge in [-0.05, 0) is 24.1 Å². The van der Waals surface area contributed by atoms with E-state index in [2.05, 4.69) is 4.72 Å². The summed E-state index contributed by atoms with van der Waals surface area (Å²) in [5.74, 6) is -1.57. The highest BCUT2D eigenvalue weighted by Crippen LogP contribution is 2.15. The van der Waals surface area contributed by atoms with E-state index in [1.54, 1.807) is 13.8 Å². The first-order valence-electron chi connectivity index (χ1n) is 6.07. The molecule has 0 aliphatic heterocycles. The summed E-state index contributed by atoms with van der Waals surface area (Å²) in [6.07, 6.45) is 0.526. The van der Waals surface area contributed by atoms with Crippen molar-refractivity contribution in [3.63, 3.8) is 0 Å². The minimum atomic E-state index is -3.97. The van der Waals surface area contributed by atoms with Crippen molar-refractivity contribution < 1.29 is 18.3 Å². The largest absolute Gasteiger partial charge is 0.480 e. The predicted octanol–water partition coefficient (Wildman–Crippen LogP) is 1.34. The standard InChI is InChI=1S/C13H16N2O4S/c1-3-9(2)12(13(16)17)15-20(18,19)11-6-4-5-10(7-11)8-14/h4-7,9,12,15H,3H2,1-2H3,(H,16,17). The van der Waals surface area contributed by atoms with Gasteiger partial charge < -0.3 is 5.11 Å². The first-order valence-corrected chi connectivity index (χ1v) is 7.55. The molecule has 1 aromatic carbocycles. The molecule has 6 nitrogen and oxygen atoms in total. The molecule has 0 fully saturated rings. The summed E-state index contributed by atoms with van der Waals surface area (Å²) in [4.78, 5) is 11.0. The highest BCUT2D eigenvalue weighted by molar-refractivity contribution is 7.89. The Morgan fingerprint density at radius 1 is 1.50 bits per heavy atom. The molecule has 108 valence electrons. The van der Waals surface area contributed by atoms with Gasteiger partial charge in [0, 0.05) is 0 Å². The van der Waals surface area contributed by atoms with Crippen molar-refractivity contribution in [3.05, 3.63) is 29.8 Å². The summed E-state index contributed by atoms with van der Waals surface area (Å²) in [6.45, 7) is 3.44. The van der Waals surface area contributed by atoms with Crippen molar-refractivity contribution in [2.24, 2.45) is 5.92 Å². The SMILES string of the molecule is CCC(C)C(NS(=O)(=O)c1cccc(C#N)c1)C(=O)O. The van der Waals surface area contributed by atoms with Crippen LogP contribution in [0.2, 0.25) is 0 Å². The summed E-state index contributed by atoms with van der Waals surface area (Å²) < 4.78 is 26.5. The van der Waals surface area contributed by atoms with Gasteiger partial charge >= 0.3 is 5.97 Å². The molecule has 0 saturated heterocycles. The second-order valence-corrected chi connectivity index (χ2v) is 6.18. The lowest BCUT2D eigenvalue weighted by Crippen LogP contribution is -2.44. The molecule has 20 heavy (non-hydrogen) atoms. The Bertz CT molecular complexity index is 634. The molecule has 0 spiro atoms. The van der Waals surface area contributed by atoms with Crippen LogP contribution in [0.5, 0.6) is 0 Å². The molecule has 0 radical (unpaired) electrons. The van der Waals surface area contributed by atoms with Gasteiger partial charge in [0.15, 0.2) is 0 Å². The average Bonchev–Trinajstić information content (AvgIpc) is 2.43. The van der Waals surface area contributed by atoms with E-state index in [0.717, 1.165) is 0 Å². The number of rotatable bonds is 6. The number of aliphatic carboxylic acids is 1. The van der Waals surface area contributed by atoms with Gasteiger partial charge in [0.1, 0.15) is 6.04 Å². The summed E-state index contributed by atoms with van der Waals surface area (Å²) in [5, 5.41) is 17.9. The normalized spacial score (nSPS) is 14.2. The Morgan fingerprint density at radius 3 is 2.65 bits per heavy atom. The fourth-order valence-corrected chi connectivity index (χ4v) is 2.96. The topological polar surface area (TPSA) is 107 Å². The van der Waals surface area contributed by atoms with Crippen molar-refractivity contribution in [1.82, 2.24) is 4.72 Å². The number of nitriles is 1. The molecule has 0 bridgehead atoms. The molecule has 0 amide bonds. The van der Waals surface area contributed by atoms with Crippen LogP contribution < -0.4 is 4.72 Å². The van der Waals surface area contributed by atoms with E-state index < -0.39 is 22.0 Å². The van der Waals surface area contributed by atoms with Crippen LogP contribution in [-0.2, 0) is 14.8 Å². The lowest BCUT2D eigenvalue weighted by Gasteiger charge is -2.20. The van der Waals surface area contributed by atoms with Gasteiger partial charge in [-0.1, -0.05) is 26.3 Å². The van der Waals surface area contributed by atoms with E-state index in [-0.39, 0.29) is 16.4 Å². The molecular formula is C13H16N2O4S. The number of carboxylic acid groups (broad SMARTS) is 1. The zero-order valence-corrected chi connectivity index (χ0v) is 12.0. The predicted molar refractivity (Wildman–Crippen MR) is 72.4 cm³/mol. The number of nitrogens with one attached hydrogen (secondary N) is 1. The molecule has 0 aliphatic rings. The van der Waals surface area contributed by atoms with Crippen molar-refractivity contribution in [3.8, 4) is 6.07 Å². The molecule has 1 rings (SSSR count). The van der Waals surface area contributed by atoms with E-state index in [4.69, 9.17) is 10.4 Å². The number of hydrogen-bond donors (Lipinski definition) is 2. The molecule has 0 heterocycles. The van der Waals surface area contributed by atoms with Crippen LogP contribution >= 0.6 is 0 Å².